The molecule has 3 heterocycles. The molecule has 2 saturated heterocycles. The normalized spacial score (nSPS) is 34.0. The molecule has 3 aliphatic heterocycles. The Morgan fingerprint density at radius 2 is 1.91 bits per heavy atom. The average molecular weight is 649 g/mol. The highest BCUT2D eigenvalue weighted by Gasteiger charge is 2.45. The molecule has 3 aliphatic rings. The van der Waals surface area contributed by atoms with Gasteiger partial charge in [-0.1, -0.05) is 52.0 Å². The molecule has 3 rings (SSSR count). The van der Waals surface area contributed by atoms with Crippen LogP contribution in [0.5, 0.6) is 0 Å². The third-order valence-corrected chi connectivity index (χ3v) is 9.30. The zero-order chi connectivity index (χ0) is 34.0. The van der Waals surface area contributed by atoms with Gasteiger partial charge in [0.2, 0.25) is 0 Å². The maximum atomic E-state index is 13.2. The SMILES string of the molecule is CC[C@H](O)[C@@H](C)[C@H]1O[C@@H]1C[C@H](C)/C=C/C=C(\C)[C@H]1OC(=O)C[C@H](O)CC[C@@](C)(OC(C)=O)[C@@H](OC(=O)N2CCNCC2)/C=C\[C@@H]1C. The number of aliphatic hydroxyl groups is 2. The van der Waals surface area contributed by atoms with Crippen LogP contribution in [0.1, 0.15) is 80.6 Å². The Morgan fingerprint density at radius 3 is 2.57 bits per heavy atom. The van der Waals surface area contributed by atoms with Gasteiger partial charge >= 0.3 is 18.0 Å². The summed E-state index contributed by atoms with van der Waals surface area (Å²) < 4.78 is 23.5. The third kappa shape index (κ3) is 11.2. The summed E-state index contributed by atoms with van der Waals surface area (Å²) >= 11 is 0. The number of rotatable bonds is 10. The smallest absolute Gasteiger partial charge is 0.410 e. The number of hydrogen-bond donors (Lipinski definition) is 3. The fraction of sp³-hybridized carbons (Fsp3) is 0.743. The summed E-state index contributed by atoms with van der Waals surface area (Å²) in [6, 6.07) is 0. The van der Waals surface area contributed by atoms with Gasteiger partial charge in [0.05, 0.1) is 30.8 Å². The van der Waals surface area contributed by atoms with Crippen LogP contribution in [0.15, 0.2) is 36.0 Å². The van der Waals surface area contributed by atoms with Crippen LogP contribution >= 0.6 is 0 Å². The quantitative estimate of drug-likeness (QED) is 0.104. The second kappa shape index (κ2) is 17.4. The van der Waals surface area contributed by atoms with Crippen LogP contribution in [-0.2, 0) is 28.5 Å². The van der Waals surface area contributed by atoms with Gasteiger partial charge in [-0.3, -0.25) is 9.59 Å². The van der Waals surface area contributed by atoms with Crippen LogP contribution < -0.4 is 5.32 Å². The summed E-state index contributed by atoms with van der Waals surface area (Å²) in [5.74, 6) is -1.06. The minimum Gasteiger partial charge on any atom is -0.457 e. The van der Waals surface area contributed by atoms with E-state index in [2.05, 4.69) is 18.3 Å². The van der Waals surface area contributed by atoms with Gasteiger partial charge < -0.3 is 39.4 Å². The lowest BCUT2D eigenvalue weighted by Crippen LogP contribution is -2.51. The van der Waals surface area contributed by atoms with Crippen LogP contribution in [-0.4, -0.2) is 102 Å². The first-order valence-electron chi connectivity index (χ1n) is 16.8. The van der Waals surface area contributed by atoms with E-state index in [1.54, 1.807) is 17.9 Å². The van der Waals surface area contributed by atoms with E-state index in [4.69, 9.17) is 18.9 Å². The standard InChI is InChI=1S/C35H56N2O9/c1-8-28(40)25(5)33-29(43-33)20-22(2)10-9-11-23(3)32-24(4)12-13-30(44-34(42)37-18-16-36-17-19-37)35(7,46-26(6)38)15-14-27(39)21-31(41)45-32/h9-13,22,24-25,27-30,32-33,36,39-40H,8,14-21H2,1-7H3/b10-9+,13-12-,23-11+/t22-,24+,25-,27-,28+,29-,30+,32-,33-,35-/m1/s1. The lowest BCUT2D eigenvalue weighted by atomic mass is 9.88. The van der Waals surface area contributed by atoms with E-state index in [-0.39, 0.29) is 55.3 Å². The van der Waals surface area contributed by atoms with Crippen LogP contribution in [0.4, 0.5) is 4.79 Å². The Bertz CT molecular complexity index is 1120. The predicted octanol–water partition coefficient (Wildman–Crippen LogP) is 4.07. The fourth-order valence-electron chi connectivity index (χ4n) is 6.24. The van der Waals surface area contributed by atoms with E-state index in [1.165, 1.54) is 6.92 Å². The summed E-state index contributed by atoms with van der Waals surface area (Å²) in [4.78, 5) is 39.9. The molecule has 0 spiro atoms. The number of cyclic esters (lactones) is 1. The Balaban J connectivity index is 1.79. The summed E-state index contributed by atoms with van der Waals surface area (Å²) in [6.45, 7) is 15.2. The molecule has 0 bridgehead atoms. The van der Waals surface area contributed by atoms with Gasteiger partial charge in [-0.15, -0.1) is 0 Å². The van der Waals surface area contributed by atoms with Crippen molar-refractivity contribution in [2.45, 2.75) is 123 Å². The van der Waals surface area contributed by atoms with Crippen molar-refractivity contribution in [1.82, 2.24) is 10.2 Å². The molecule has 0 aromatic carbocycles. The van der Waals surface area contributed by atoms with Crippen molar-refractivity contribution in [3.05, 3.63) is 36.0 Å². The van der Waals surface area contributed by atoms with Crippen molar-refractivity contribution in [3.8, 4) is 0 Å². The topological polar surface area (TPSA) is 147 Å². The molecule has 1 amide bonds. The maximum Gasteiger partial charge on any atom is 0.410 e. The minimum absolute atomic E-state index is 0.0874. The number of carbonyl (C=O) groups excluding carboxylic acids is 3. The number of hydrogen-bond acceptors (Lipinski definition) is 10. The number of ether oxygens (including phenoxy) is 4. The van der Waals surface area contributed by atoms with Gasteiger partial charge in [0.1, 0.15) is 11.7 Å². The van der Waals surface area contributed by atoms with Crippen LogP contribution in [0, 0.1) is 17.8 Å². The van der Waals surface area contributed by atoms with Crippen molar-refractivity contribution < 1.29 is 43.5 Å². The van der Waals surface area contributed by atoms with Gasteiger partial charge in [0.25, 0.3) is 0 Å². The number of esters is 2. The number of epoxide rings is 1. The zero-order valence-electron chi connectivity index (χ0n) is 28.6. The average Bonchev–Trinajstić information content (AvgIpc) is 3.77. The Labute approximate surface area is 274 Å². The fourth-order valence-corrected chi connectivity index (χ4v) is 6.24. The van der Waals surface area contributed by atoms with Crippen molar-refractivity contribution in [3.63, 3.8) is 0 Å². The number of nitrogens with one attached hydrogen (secondary N) is 1. The Hall–Kier alpha value is -2.73. The molecule has 0 unspecified atom stereocenters. The lowest BCUT2D eigenvalue weighted by molar-refractivity contribution is -0.168. The lowest BCUT2D eigenvalue weighted by Gasteiger charge is -2.37. The number of carbonyl (C=O) groups is 3. The molecule has 10 atom stereocenters. The predicted molar refractivity (Wildman–Crippen MR) is 174 cm³/mol. The molecule has 2 fully saturated rings. The first-order valence-corrected chi connectivity index (χ1v) is 16.8. The highest BCUT2D eigenvalue weighted by molar-refractivity contribution is 5.71. The van der Waals surface area contributed by atoms with E-state index in [0.717, 1.165) is 12.0 Å². The van der Waals surface area contributed by atoms with E-state index in [0.29, 0.717) is 32.6 Å². The van der Waals surface area contributed by atoms with Crippen LogP contribution in [0.25, 0.3) is 0 Å². The van der Waals surface area contributed by atoms with Crippen molar-refractivity contribution in [2.75, 3.05) is 26.2 Å². The van der Waals surface area contributed by atoms with E-state index in [9.17, 15) is 24.6 Å². The maximum absolute atomic E-state index is 13.2. The molecule has 11 heteroatoms. The number of nitrogens with zero attached hydrogens (tertiary/aromatic N) is 1. The molecular weight excluding hydrogens is 592 g/mol. The van der Waals surface area contributed by atoms with Gasteiger partial charge in [-0.25, -0.2) is 4.79 Å². The number of amides is 1. The second-order valence-corrected chi connectivity index (χ2v) is 13.5. The molecule has 46 heavy (non-hydrogen) atoms. The summed E-state index contributed by atoms with van der Waals surface area (Å²) in [7, 11) is 0. The molecular formula is C35H56N2O9. The molecule has 11 nitrogen and oxygen atoms in total. The van der Waals surface area contributed by atoms with E-state index in [1.807, 2.05) is 45.9 Å². The molecule has 0 aromatic heterocycles. The van der Waals surface area contributed by atoms with E-state index < -0.39 is 41.9 Å². The van der Waals surface area contributed by atoms with Crippen molar-refractivity contribution in [1.29, 1.82) is 0 Å². The van der Waals surface area contributed by atoms with Crippen molar-refractivity contribution in [2.24, 2.45) is 17.8 Å². The van der Waals surface area contributed by atoms with E-state index >= 15 is 0 Å². The molecule has 3 N–H and O–H groups in total. The molecule has 0 saturated carbocycles. The second-order valence-electron chi connectivity index (χ2n) is 13.5. The Kier molecular flexibility index (Phi) is 14.3. The number of aliphatic hydroxyl groups excluding tert-OH is 2. The van der Waals surface area contributed by atoms with Gasteiger partial charge in [-0.2, -0.15) is 0 Å². The van der Waals surface area contributed by atoms with Crippen molar-refractivity contribution >= 4 is 18.0 Å². The van der Waals surface area contributed by atoms with Crippen LogP contribution in [0.3, 0.4) is 0 Å². The monoisotopic (exact) mass is 648 g/mol. The first kappa shape index (κ1) is 37.7. The summed E-state index contributed by atoms with van der Waals surface area (Å²) in [6.07, 6.45) is 7.84. The molecule has 0 radical (unpaired) electrons. The summed E-state index contributed by atoms with van der Waals surface area (Å²) in [5, 5.41) is 24.1. The zero-order valence-corrected chi connectivity index (χ0v) is 28.6. The van der Waals surface area contributed by atoms with Gasteiger partial charge in [-0.05, 0) is 57.1 Å². The number of allylic oxidation sites excluding steroid dienone is 3. The minimum atomic E-state index is -1.27. The van der Waals surface area contributed by atoms with Crippen LogP contribution in [0.2, 0.25) is 0 Å². The van der Waals surface area contributed by atoms with Gasteiger partial charge in [0, 0.05) is 44.9 Å². The molecule has 0 aliphatic carbocycles. The Morgan fingerprint density at radius 1 is 1.22 bits per heavy atom. The van der Waals surface area contributed by atoms with Gasteiger partial charge in [0.15, 0.2) is 6.10 Å². The highest BCUT2D eigenvalue weighted by atomic mass is 16.6. The largest absolute Gasteiger partial charge is 0.457 e. The molecule has 0 aromatic rings. The molecule has 260 valence electrons. The highest BCUT2D eigenvalue weighted by Crippen LogP contribution is 2.36. The summed E-state index contributed by atoms with van der Waals surface area (Å²) in [5.41, 5.74) is -0.468. The number of piperazine rings is 1. The first-order chi connectivity index (χ1) is 21.7. The third-order valence-electron chi connectivity index (χ3n) is 9.30.